The Morgan fingerprint density at radius 3 is 2.53 bits per heavy atom. The van der Waals surface area contributed by atoms with E-state index in [0.29, 0.717) is 19.7 Å². The molecule has 100 valence electrons. The van der Waals surface area contributed by atoms with Gasteiger partial charge in [0.15, 0.2) is 0 Å². The molecule has 0 rings (SSSR count). The first kappa shape index (κ1) is 15.9. The van der Waals surface area contributed by atoms with Crippen LogP contribution in [-0.2, 0) is 14.3 Å². The minimum absolute atomic E-state index is 0.0452. The van der Waals surface area contributed by atoms with E-state index >= 15 is 0 Å². The summed E-state index contributed by atoms with van der Waals surface area (Å²) >= 11 is 0. The molecule has 0 radical (unpaired) electrons. The van der Waals surface area contributed by atoms with Gasteiger partial charge in [0.25, 0.3) is 0 Å². The van der Waals surface area contributed by atoms with Crippen LogP contribution in [0.1, 0.15) is 20.3 Å². The Balaban J connectivity index is 3.97. The maximum Gasteiger partial charge on any atom is 0.304 e. The molecule has 0 heterocycles. The molecular weight excluding hydrogens is 224 g/mol. The lowest BCUT2D eigenvalue weighted by molar-refractivity contribution is -0.138. The van der Waals surface area contributed by atoms with Gasteiger partial charge in [-0.25, -0.2) is 0 Å². The summed E-state index contributed by atoms with van der Waals surface area (Å²) in [5.41, 5.74) is 0. The average Bonchev–Trinajstić information content (AvgIpc) is 2.23. The number of nitrogens with zero attached hydrogens (tertiary/aromatic N) is 1. The number of hydrogen-bond acceptors (Lipinski definition) is 4. The number of rotatable bonds is 9. The molecule has 2 N–H and O–H groups in total. The molecule has 6 heteroatoms. The van der Waals surface area contributed by atoms with Crippen LogP contribution >= 0.6 is 0 Å². The number of nitrogens with one attached hydrogen (secondary N) is 1. The van der Waals surface area contributed by atoms with Crippen molar-refractivity contribution in [1.29, 1.82) is 0 Å². The monoisotopic (exact) mass is 246 g/mol. The van der Waals surface area contributed by atoms with Crippen LogP contribution in [0.25, 0.3) is 0 Å². The highest BCUT2D eigenvalue weighted by molar-refractivity contribution is 5.78. The molecule has 0 spiro atoms. The molecular formula is C11H22N2O4. The van der Waals surface area contributed by atoms with E-state index in [4.69, 9.17) is 9.84 Å². The molecule has 0 aromatic carbocycles. The highest BCUT2D eigenvalue weighted by Crippen LogP contribution is 1.99. The predicted molar refractivity (Wildman–Crippen MR) is 63.8 cm³/mol. The summed E-state index contributed by atoms with van der Waals surface area (Å²) in [7, 11) is 1.57. The molecule has 1 amide bonds. The van der Waals surface area contributed by atoms with Gasteiger partial charge in [0.05, 0.1) is 19.6 Å². The van der Waals surface area contributed by atoms with Crippen molar-refractivity contribution >= 4 is 11.9 Å². The number of carbonyl (C=O) groups is 2. The third-order valence-corrected chi connectivity index (χ3v) is 2.32. The fourth-order valence-electron chi connectivity index (χ4n) is 1.29. The number of ether oxygens (including phenoxy) is 1. The second kappa shape index (κ2) is 8.95. The number of carboxylic acids is 1. The molecule has 0 saturated carbocycles. The highest BCUT2D eigenvalue weighted by Gasteiger charge is 2.14. The predicted octanol–water partition coefficient (Wildman–Crippen LogP) is -0.0659. The SMILES string of the molecule is COCCNC(=O)CN(CCC(=O)O)C(C)C. The molecule has 0 unspecified atom stereocenters. The van der Waals surface area contributed by atoms with E-state index in [2.05, 4.69) is 5.32 Å². The molecule has 0 saturated heterocycles. The zero-order valence-electron chi connectivity index (χ0n) is 10.7. The standard InChI is InChI=1S/C11H22N2O4/c1-9(2)13(6-4-11(15)16)8-10(14)12-5-7-17-3/h9H,4-8H2,1-3H3,(H,12,14)(H,15,16). The minimum atomic E-state index is -0.851. The van der Waals surface area contributed by atoms with Crippen molar-refractivity contribution in [2.24, 2.45) is 0 Å². The van der Waals surface area contributed by atoms with E-state index in [9.17, 15) is 9.59 Å². The number of amides is 1. The summed E-state index contributed by atoms with van der Waals surface area (Å²) < 4.78 is 4.82. The van der Waals surface area contributed by atoms with Gasteiger partial charge in [-0.3, -0.25) is 14.5 Å². The molecule has 0 aliphatic heterocycles. The summed E-state index contributed by atoms with van der Waals surface area (Å²) in [5.74, 6) is -0.962. The Bertz CT molecular complexity index is 244. The smallest absolute Gasteiger partial charge is 0.304 e. The van der Waals surface area contributed by atoms with Crippen molar-refractivity contribution in [3.8, 4) is 0 Å². The summed E-state index contributed by atoms with van der Waals surface area (Å²) in [6.45, 7) is 5.41. The van der Waals surface area contributed by atoms with E-state index in [1.807, 2.05) is 18.7 Å². The van der Waals surface area contributed by atoms with Crippen LogP contribution in [0.5, 0.6) is 0 Å². The van der Waals surface area contributed by atoms with Crippen LogP contribution < -0.4 is 5.32 Å². The van der Waals surface area contributed by atoms with E-state index in [1.165, 1.54) is 0 Å². The van der Waals surface area contributed by atoms with Crippen LogP contribution in [0, 0.1) is 0 Å². The van der Waals surface area contributed by atoms with Gasteiger partial charge in [-0.2, -0.15) is 0 Å². The average molecular weight is 246 g/mol. The van der Waals surface area contributed by atoms with Crippen LogP contribution in [0.3, 0.4) is 0 Å². The van der Waals surface area contributed by atoms with Crippen LogP contribution in [0.2, 0.25) is 0 Å². The Hall–Kier alpha value is -1.14. The number of aliphatic carboxylic acids is 1. The zero-order chi connectivity index (χ0) is 13.3. The molecule has 6 nitrogen and oxygen atoms in total. The van der Waals surface area contributed by atoms with Crippen molar-refractivity contribution in [3.63, 3.8) is 0 Å². The van der Waals surface area contributed by atoms with Gasteiger partial charge in [0.2, 0.25) is 5.91 Å². The maximum absolute atomic E-state index is 11.5. The second-order valence-corrected chi connectivity index (χ2v) is 4.05. The molecule has 17 heavy (non-hydrogen) atoms. The van der Waals surface area contributed by atoms with Gasteiger partial charge in [-0.05, 0) is 13.8 Å². The number of hydrogen-bond donors (Lipinski definition) is 2. The van der Waals surface area contributed by atoms with Crippen molar-refractivity contribution in [3.05, 3.63) is 0 Å². The first-order valence-corrected chi connectivity index (χ1v) is 5.68. The molecule has 0 aromatic rings. The second-order valence-electron chi connectivity index (χ2n) is 4.05. The topological polar surface area (TPSA) is 78.9 Å². The first-order valence-electron chi connectivity index (χ1n) is 5.68. The van der Waals surface area contributed by atoms with Gasteiger partial charge in [-0.15, -0.1) is 0 Å². The van der Waals surface area contributed by atoms with E-state index < -0.39 is 5.97 Å². The number of carbonyl (C=O) groups excluding carboxylic acids is 1. The summed E-state index contributed by atoms with van der Waals surface area (Å²) in [6, 6.07) is 0.141. The number of carboxylic acid groups (broad SMARTS) is 1. The van der Waals surface area contributed by atoms with E-state index in [0.717, 1.165) is 0 Å². The maximum atomic E-state index is 11.5. The van der Waals surface area contributed by atoms with E-state index in [1.54, 1.807) is 7.11 Å². The third kappa shape index (κ3) is 8.65. The first-order chi connectivity index (χ1) is 7.97. The fourth-order valence-corrected chi connectivity index (χ4v) is 1.29. The molecule has 0 atom stereocenters. The fraction of sp³-hybridized carbons (Fsp3) is 0.818. The summed E-state index contributed by atoms with van der Waals surface area (Å²) in [4.78, 5) is 23.8. The molecule has 0 aromatic heterocycles. The Morgan fingerprint density at radius 1 is 1.41 bits per heavy atom. The molecule has 0 fully saturated rings. The van der Waals surface area contributed by atoms with Gasteiger partial charge < -0.3 is 15.2 Å². The zero-order valence-corrected chi connectivity index (χ0v) is 10.7. The Kier molecular flexibility index (Phi) is 8.35. The Labute approximate surface area is 102 Å². The molecule has 0 bridgehead atoms. The Morgan fingerprint density at radius 2 is 2.06 bits per heavy atom. The molecule has 0 aliphatic rings. The largest absolute Gasteiger partial charge is 0.481 e. The van der Waals surface area contributed by atoms with Gasteiger partial charge >= 0.3 is 5.97 Å². The lowest BCUT2D eigenvalue weighted by Gasteiger charge is -2.24. The lowest BCUT2D eigenvalue weighted by atomic mass is 10.2. The van der Waals surface area contributed by atoms with Gasteiger partial charge in [0, 0.05) is 26.2 Å². The van der Waals surface area contributed by atoms with Crippen molar-refractivity contribution in [2.75, 3.05) is 33.4 Å². The molecule has 0 aliphatic carbocycles. The van der Waals surface area contributed by atoms with Crippen molar-refractivity contribution in [1.82, 2.24) is 10.2 Å². The van der Waals surface area contributed by atoms with Crippen molar-refractivity contribution < 1.29 is 19.4 Å². The quantitative estimate of drug-likeness (QED) is 0.557. The number of methoxy groups -OCH3 is 1. The van der Waals surface area contributed by atoms with Gasteiger partial charge in [0.1, 0.15) is 0 Å². The third-order valence-electron chi connectivity index (χ3n) is 2.32. The van der Waals surface area contributed by atoms with E-state index in [-0.39, 0.29) is 24.9 Å². The van der Waals surface area contributed by atoms with Crippen LogP contribution in [0.15, 0.2) is 0 Å². The summed E-state index contributed by atoms with van der Waals surface area (Å²) in [5, 5.41) is 11.3. The highest BCUT2D eigenvalue weighted by atomic mass is 16.5. The summed E-state index contributed by atoms with van der Waals surface area (Å²) in [6.07, 6.45) is 0.0452. The lowest BCUT2D eigenvalue weighted by Crippen LogP contribution is -2.42. The van der Waals surface area contributed by atoms with Crippen LogP contribution in [0.4, 0.5) is 0 Å². The van der Waals surface area contributed by atoms with Crippen molar-refractivity contribution in [2.45, 2.75) is 26.3 Å². The van der Waals surface area contributed by atoms with Crippen LogP contribution in [-0.4, -0.2) is 61.3 Å². The normalized spacial score (nSPS) is 10.9. The van der Waals surface area contributed by atoms with Gasteiger partial charge in [-0.1, -0.05) is 0 Å². The minimum Gasteiger partial charge on any atom is -0.481 e.